The Morgan fingerprint density at radius 2 is 1.94 bits per heavy atom. The highest BCUT2D eigenvalue weighted by Gasteiger charge is 2.56. The zero-order valence-electron chi connectivity index (χ0n) is 10.5. The monoisotopic (exact) mass is 223 g/mol. The van der Waals surface area contributed by atoms with Crippen molar-refractivity contribution in [3.05, 3.63) is 0 Å². The predicted octanol–water partition coefficient (Wildman–Crippen LogP) is 2.49. The van der Waals surface area contributed by atoms with Crippen LogP contribution in [0.2, 0.25) is 0 Å². The zero-order chi connectivity index (χ0) is 12.0. The summed E-state index contributed by atoms with van der Waals surface area (Å²) in [5.41, 5.74) is -0.480. The molecule has 90 valence electrons. The van der Waals surface area contributed by atoms with E-state index < -0.39 is 5.41 Å². The van der Waals surface area contributed by atoms with E-state index in [0.29, 0.717) is 6.42 Å². The molecule has 1 spiro atoms. The van der Waals surface area contributed by atoms with E-state index in [9.17, 15) is 9.59 Å². The molecule has 2 rings (SSSR count). The van der Waals surface area contributed by atoms with Crippen LogP contribution in [-0.4, -0.2) is 22.3 Å². The fourth-order valence-electron chi connectivity index (χ4n) is 2.83. The number of nitrogens with zero attached hydrogens (tertiary/aromatic N) is 1. The van der Waals surface area contributed by atoms with Crippen LogP contribution in [0.1, 0.15) is 59.3 Å². The van der Waals surface area contributed by atoms with E-state index in [-0.39, 0.29) is 17.4 Å². The molecule has 3 heteroatoms. The lowest BCUT2D eigenvalue weighted by Gasteiger charge is -2.51. The number of rotatable bonds is 2. The molecule has 0 atom stereocenters. The molecule has 0 bridgehead atoms. The molecule has 0 unspecified atom stereocenters. The quantitative estimate of drug-likeness (QED) is 0.674. The van der Waals surface area contributed by atoms with Gasteiger partial charge in [0.15, 0.2) is 0 Å². The van der Waals surface area contributed by atoms with E-state index in [1.54, 1.807) is 4.90 Å². The molecule has 0 radical (unpaired) electrons. The van der Waals surface area contributed by atoms with Gasteiger partial charge in [0.05, 0.1) is 12.0 Å². The summed E-state index contributed by atoms with van der Waals surface area (Å²) in [7, 11) is 0. The van der Waals surface area contributed by atoms with E-state index in [2.05, 4.69) is 0 Å². The van der Waals surface area contributed by atoms with Gasteiger partial charge in [0.1, 0.15) is 0 Å². The van der Waals surface area contributed by atoms with E-state index in [1.807, 2.05) is 20.8 Å². The minimum Gasteiger partial charge on any atom is -0.275 e. The number of hydrogen-bond donors (Lipinski definition) is 0. The van der Waals surface area contributed by atoms with Gasteiger partial charge < -0.3 is 0 Å². The number of carbonyl (C=O) groups excluding carboxylic acids is 2. The maximum absolute atomic E-state index is 12.4. The molecule has 1 saturated heterocycles. The third kappa shape index (κ3) is 1.48. The van der Waals surface area contributed by atoms with Crippen molar-refractivity contribution < 1.29 is 9.59 Å². The number of amides is 2. The van der Waals surface area contributed by atoms with Gasteiger partial charge in [0.2, 0.25) is 11.8 Å². The molecule has 0 aromatic rings. The van der Waals surface area contributed by atoms with Crippen molar-refractivity contribution in [2.75, 3.05) is 0 Å². The Balaban J connectivity index is 2.19. The first-order valence-electron chi connectivity index (χ1n) is 6.30. The maximum atomic E-state index is 12.4. The summed E-state index contributed by atoms with van der Waals surface area (Å²) in [5, 5.41) is 0. The Kier molecular flexibility index (Phi) is 2.59. The van der Waals surface area contributed by atoms with Gasteiger partial charge >= 0.3 is 0 Å². The van der Waals surface area contributed by atoms with Gasteiger partial charge in [-0.05, 0) is 19.3 Å². The minimum absolute atomic E-state index is 0.0353. The SMILES string of the molecule is CCC(C)(C)C(=O)N1C(=O)CC12CCCC2. The third-order valence-corrected chi connectivity index (χ3v) is 4.40. The first kappa shape index (κ1) is 11.6. The van der Waals surface area contributed by atoms with Gasteiger partial charge in [0, 0.05) is 5.41 Å². The lowest BCUT2D eigenvalue weighted by atomic mass is 9.78. The summed E-state index contributed by atoms with van der Waals surface area (Å²) >= 11 is 0. The highest BCUT2D eigenvalue weighted by molar-refractivity contribution is 6.03. The second kappa shape index (κ2) is 3.57. The van der Waals surface area contributed by atoms with E-state index >= 15 is 0 Å². The van der Waals surface area contributed by atoms with Crippen LogP contribution >= 0.6 is 0 Å². The molecule has 2 amide bonds. The molecule has 1 saturated carbocycles. The summed E-state index contributed by atoms with van der Waals surface area (Å²) in [6.45, 7) is 5.87. The smallest absolute Gasteiger partial charge is 0.235 e. The highest BCUT2D eigenvalue weighted by atomic mass is 16.2. The summed E-state index contributed by atoms with van der Waals surface area (Å²) < 4.78 is 0. The fraction of sp³-hybridized carbons (Fsp3) is 0.846. The Morgan fingerprint density at radius 1 is 1.38 bits per heavy atom. The summed E-state index contributed by atoms with van der Waals surface area (Å²) in [6, 6.07) is 0. The van der Waals surface area contributed by atoms with Crippen molar-refractivity contribution in [3.8, 4) is 0 Å². The maximum Gasteiger partial charge on any atom is 0.235 e. The lowest BCUT2D eigenvalue weighted by Crippen LogP contribution is -2.66. The van der Waals surface area contributed by atoms with Crippen LogP contribution in [0.3, 0.4) is 0 Å². The molecule has 2 fully saturated rings. The Bertz CT molecular complexity index is 327. The fourth-order valence-corrected chi connectivity index (χ4v) is 2.83. The van der Waals surface area contributed by atoms with Gasteiger partial charge in [-0.1, -0.05) is 33.6 Å². The Labute approximate surface area is 97.2 Å². The minimum atomic E-state index is -0.397. The summed E-state index contributed by atoms with van der Waals surface area (Å²) in [5.74, 6) is 0.0709. The van der Waals surface area contributed by atoms with Crippen molar-refractivity contribution in [2.24, 2.45) is 5.41 Å². The summed E-state index contributed by atoms with van der Waals surface area (Å²) in [6.07, 6.45) is 5.73. The molecule has 3 nitrogen and oxygen atoms in total. The van der Waals surface area contributed by atoms with Gasteiger partial charge in [0.25, 0.3) is 0 Å². The normalized spacial score (nSPS) is 23.7. The molecule has 0 aromatic carbocycles. The van der Waals surface area contributed by atoms with Crippen molar-refractivity contribution in [1.29, 1.82) is 0 Å². The molecule has 0 N–H and O–H groups in total. The first-order valence-corrected chi connectivity index (χ1v) is 6.30. The Hall–Kier alpha value is -0.860. The van der Waals surface area contributed by atoms with Crippen molar-refractivity contribution in [1.82, 2.24) is 4.90 Å². The zero-order valence-corrected chi connectivity index (χ0v) is 10.5. The molecule has 1 aliphatic heterocycles. The van der Waals surface area contributed by atoms with Crippen molar-refractivity contribution in [2.45, 2.75) is 64.8 Å². The second-order valence-electron chi connectivity index (χ2n) is 5.88. The van der Waals surface area contributed by atoms with E-state index in [4.69, 9.17) is 0 Å². The van der Waals surface area contributed by atoms with Crippen LogP contribution in [0.5, 0.6) is 0 Å². The summed E-state index contributed by atoms with van der Waals surface area (Å²) in [4.78, 5) is 25.6. The topological polar surface area (TPSA) is 37.4 Å². The average molecular weight is 223 g/mol. The number of carbonyl (C=O) groups is 2. The van der Waals surface area contributed by atoms with Gasteiger partial charge in [-0.3, -0.25) is 14.5 Å². The third-order valence-electron chi connectivity index (χ3n) is 4.40. The van der Waals surface area contributed by atoms with E-state index in [1.165, 1.54) is 0 Å². The van der Waals surface area contributed by atoms with E-state index in [0.717, 1.165) is 32.1 Å². The lowest BCUT2D eigenvalue weighted by molar-refractivity contribution is -0.173. The van der Waals surface area contributed by atoms with Crippen molar-refractivity contribution in [3.63, 3.8) is 0 Å². The van der Waals surface area contributed by atoms with Crippen LogP contribution < -0.4 is 0 Å². The largest absolute Gasteiger partial charge is 0.275 e. The number of imide groups is 1. The van der Waals surface area contributed by atoms with Crippen LogP contribution in [-0.2, 0) is 9.59 Å². The average Bonchev–Trinajstić information content (AvgIpc) is 2.68. The molecule has 0 aromatic heterocycles. The second-order valence-corrected chi connectivity index (χ2v) is 5.88. The van der Waals surface area contributed by atoms with Gasteiger partial charge in [-0.25, -0.2) is 0 Å². The molecular weight excluding hydrogens is 202 g/mol. The molecule has 1 aliphatic carbocycles. The van der Waals surface area contributed by atoms with Gasteiger partial charge in [-0.2, -0.15) is 0 Å². The van der Waals surface area contributed by atoms with Gasteiger partial charge in [-0.15, -0.1) is 0 Å². The van der Waals surface area contributed by atoms with Crippen molar-refractivity contribution >= 4 is 11.8 Å². The number of likely N-dealkylation sites (tertiary alicyclic amines) is 1. The van der Waals surface area contributed by atoms with Crippen LogP contribution in [0.25, 0.3) is 0 Å². The molecular formula is C13H21NO2. The first-order chi connectivity index (χ1) is 7.43. The molecule has 16 heavy (non-hydrogen) atoms. The highest BCUT2D eigenvalue weighted by Crippen LogP contribution is 2.47. The predicted molar refractivity (Wildman–Crippen MR) is 61.7 cm³/mol. The molecule has 1 heterocycles. The van der Waals surface area contributed by atoms with Crippen LogP contribution in [0.15, 0.2) is 0 Å². The number of β-lactam (4-membered cyclic amide) rings is 1. The van der Waals surface area contributed by atoms with Crippen LogP contribution in [0, 0.1) is 5.41 Å². The number of hydrogen-bond acceptors (Lipinski definition) is 2. The van der Waals surface area contributed by atoms with Crippen LogP contribution in [0.4, 0.5) is 0 Å². The Morgan fingerprint density at radius 3 is 2.38 bits per heavy atom. The molecule has 2 aliphatic rings. The standard InChI is InChI=1S/C13H21NO2/c1-4-12(2,3)11(16)14-10(15)9-13(14)7-5-6-8-13/h4-9H2,1-3H3.